The van der Waals surface area contributed by atoms with Crippen molar-refractivity contribution in [3.63, 3.8) is 0 Å². The van der Waals surface area contributed by atoms with Gasteiger partial charge < -0.3 is 5.73 Å². The van der Waals surface area contributed by atoms with Gasteiger partial charge in [0.2, 0.25) is 0 Å². The lowest BCUT2D eigenvalue weighted by Gasteiger charge is -2.09. The molecule has 0 saturated carbocycles. The quantitative estimate of drug-likeness (QED) is 0.751. The number of rotatable bonds is 1. The molecule has 0 bridgehead atoms. The number of fused-ring (bicyclic) bond motifs is 1. The van der Waals surface area contributed by atoms with Crippen LogP contribution >= 0.6 is 15.9 Å². The molecular formula is C13H11BrN4. The van der Waals surface area contributed by atoms with Gasteiger partial charge in [-0.15, -0.1) is 5.10 Å². The number of aromatic nitrogens is 3. The summed E-state index contributed by atoms with van der Waals surface area (Å²) < 4.78 is 2.83. The summed E-state index contributed by atoms with van der Waals surface area (Å²) >= 11 is 3.56. The van der Waals surface area contributed by atoms with Crippen molar-refractivity contribution in [2.45, 2.75) is 6.92 Å². The number of hydrogen-bond donors (Lipinski definition) is 1. The summed E-state index contributed by atoms with van der Waals surface area (Å²) in [5.74, 6) is 0.460. The van der Waals surface area contributed by atoms with E-state index in [9.17, 15) is 0 Å². The fourth-order valence-corrected chi connectivity index (χ4v) is 2.48. The summed E-state index contributed by atoms with van der Waals surface area (Å²) in [5, 5.41) is 10.2. The largest absolute Gasteiger partial charge is 0.381 e. The molecule has 3 rings (SSSR count). The minimum absolute atomic E-state index is 0.460. The van der Waals surface area contributed by atoms with Gasteiger partial charge in [-0.3, -0.25) is 0 Å². The van der Waals surface area contributed by atoms with E-state index in [1.165, 1.54) is 0 Å². The van der Waals surface area contributed by atoms with E-state index < -0.39 is 0 Å². The van der Waals surface area contributed by atoms with Crippen molar-refractivity contribution in [2.75, 3.05) is 5.73 Å². The fraction of sp³-hybridized carbons (Fsp3) is 0.0769. The van der Waals surface area contributed by atoms with E-state index in [-0.39, 0.29) is 0 Å². The molecule has 0 unspecified atom stereocenters. The lowest BCUT2D eigenvalue weighted by molar-refractivity contribution is 0.790. The van der Waals surface area contributed by atoms with E-state index >= 15 is 0 Å². The zero-order chi connectivity index (χ0) is 12.7. The molecule has 0 aliphatic heterocycles. The van der Waals surface area contributed by atoms with E-state index in [4.69, 9.17) is 5.73 Å². The van der Waals surface area contributed by atoms with Crippen molar-refractivity contribution in [1.29, 1.82) is 0 Å². The Morgan fingerprint density at radius 2 is 1.83 bits per heavy atom. The SMILES string of the molecule is Cc1c(N)nnn1-c1ccc(Br)c2ccccc12. The Bertz CT molecular complexity index is 733. The molecule has 90 valence electrons. The highest BCUT2D eigenvalue weighted by Gasteiger charge is 2.11. The van der Waals surface area contributed by atoms with Crippen molar-refractivity contribution in [1.82, 2.24) is 15.0 Å². The summed E-state index contributed by atoms with van der Waals surface area (Å²) in [6.45, 7) is 1.91. The van der Waals surface area contributed by atoms with Gasteiger partial charge in [0, 0.05) is 9.86 Å². The van der Waals surface area contributed by atoms with Crippen molar-refractivity contribution in [2.24, 2.45) is 0 Å². The number of nitrogen functional groups attached to an aromatic ring is 1. The highest BCUT2D eigenvalue weighted by molar-refractivity contribution is 9.10. The second kappa shape index (κ2) is 4.10. The van der Waals surface area contributed by atoms with Crippen LogP contribution in [-0.2, 0) is 0 Å². The number of hydrogen-bond acceptors (Lipinski definition) is 3. The monoisotopic (exact) mass is 302 g/mol. The van der Waals surface area contributed by atoms with Crippen LogP contribution in [-0.4, -0.2) is 15.0 Å². The number of nitrogens with zero attached hydrogens (tertiary/aromatic N) is 3. The van der Waals surface area contributed by atoms with Gasteiger partial charge in [-0.2, -0.15) is 0 Å². The predicted molar refractivity (Wildman–Crippen MR) is 75.7 cm³/mol. The Hall–Kier alpha value is -1.88. The van der Waals surface area contributed by atoms with Crippen LogP contribution in [0.15, 0.2) is 40.9 Å². The number of halogens is 1. The van der Waals surface area contributed by atoms with Crippen molar-refractivity contribution >= 4 is 32.5 Å². The highest BCUT2D eigenvalue weighted by Crippen LogP contribution is 2.29. The lowest BCUT2D eigenvalue weighted by Crippen LogP contribution is -2.00. The van der Waals surface area contributed by atoms with Crippen LogP contribution in [0.2, 0.25) is 0 Å². The van der Waals surface area contributed by atoms with Crippen LogP contribution in [0.3, 0.4) is 0 Å². The first-order valence-electron chi connectivity index (χ1n) is 5.54. The first kappa shape index (κ1) is 11.2. The van der Waals surface area contributed by atoms with Crippen LogP contribution in [0.1, 0.15) is 5.69 Å². The minimum atomic E-state index is 0.460. The van der Waals surface area contributed by atoms with Crippen LogP contribution in [0.4, 0.5) is 5.82 Å². The van der Waals surface area contributed by atoms with E-state index in [0.29, 0.717) is 5.82 Å². The zero-order valence-corrected chi connectivity index (χ0v) is 11.3. The number of benzene rings is 2. The Balaban J connectivity index is 2.37. The molecule has 0 spiro atoms. The molecular weight excluding hydrogens is 292 g/mol. The van der Waals surface area contributed by atoms with Crippen LogP contribution in [0.25, 0.3) is 16.5 Å². The lowest BCUT2D eigenvalue weighted by atomic mass is 10.1. The van der Waals surface area contributed by atoms with Gasteiger partial charge >= 0.3 is 0 Å². The molecule has 3 aromatic rings. The molecule has 0 saturated heterocycles. The molecule has 0 radical (unpaired) electrons. The van der Waals surface area contributed by atoms with E-state index in [1.54, 1.807) is 4.68 Å². The average molecular weight is 303 g/mol. The van der Waals surface area contributed by atoms with Gasteiger partial charge in [0.15, 0.2) is 5.82 Å². The topological polar surface area (TPSA) is 56.7 Å². The number of anilines is 1. The van der Waals surface area contributed by atoms with E-state index in [1.807, 2.05) is 31.2 Å². The molecule has 1 heterocycles. The first-order valence-corrected chi connectivity index (χ1v) is 6.33. The summed E-state index contributed by atoms with van der Waals surface area (Å²) in [5.41, 5.74) is 7.58. The predicted octanol–water partition coefficient (Wildman–Crippen LogP) is 3.07. The van der Waals surface area contributed by atoms with Crippen LogP contribution in [0, 0.1) is 6.92 Å². The standard InChI is InChI=1S/C13H11BrN4/c1-8-13(15)16-17-18(8)12-7-6-11(14)9-4-2-3-5-10(9)12/h2-7H,15H2,1H3. The third-order valence-electron chi connectivity index (χ3n) is 3.01. The maximum atomic E-state index is 5.75. The van der Waals surface area contributed by atoms with Gasteiger partial charge in [-0.25, -0.2) is 4.68 Å². The zero-order valence-electron chi connectivity index (χ0n) is 9.76. The third-order valence-corrected chi connectivity index (χ3v) is 3.70. The summed E-state index contributed by atoms with van der Waals surface area (Å²) in [6.07, 6.45) is 0. The molecule has 1 aromatic heterocycles. The second-order valence-corrected chi connectivity index (χ2v) is 4.94. The Kier molecular flexibility index (Phi) is 2.56. The molecule has 0 fully saturated rings. The molecule has 18 heavy (non-hydrogen) atoms. The van der Waals surface area contributed by atoms with Gasteiger partial charge in [-0.1, -0.05) is 45.4 Å². The minimum Gasteiger partial charge on any atom is -0.381 e. The van der Waals surface area contributed by atoms with Crippen molar-refractivity contribution in [3.8, 4) is 5.69 Å². The van der Waals surface area contributed by atoms with E-state index in [0.717, 1.165) is 26.6 Å². The Morgan fingerprint density at radius 3 is 2.50 bits per heavy atom. The second-order valence-electron chi connectivity index (χ2n) is 4.08. The van der Waals surface area contributed by atoms with Crippen molar-refractivity contribution < 1.29 is 0 Å². The molecule has 4 nitrogen and oxygen atoms in total. The molecule has 0 aliphatic carbocycles. The fourth-order valence-electron chi connectivity index (χ4n) is 2.00. The number of nitrogens with two attached hydrogens (primary N) is 1. The maximum absolute atomic E-state index is 5.75. The van der Waals surface area contributed by atoms with Crippen LogP contribution in [0.5, 0.6) is 0 Å². The van der Waals surface area contributed by atoms with Crippen LogP contribution < -0.4 is 5.73 Å². The summed E-state index contributed by atoms with van der Waals surface area (Å²) in [7, 11) is 0. The summed E-state index contributed by atoms with van der Waals surface area (Å²) in [6, 6.07) is 12.2. The Labute approximate surface area is 113 Å². The summed E-state index contributed by atoms with van der Waals surface area (Å²) in [4.78, 5) is 0. The third kappa shape index (κ3) is 1.59. The maximum Gasteiger partial charge on any atom is 0.169 e. The smallest absolute Gasteiger partial charge is 0.169 e. The molecule has 5 heteroatoms. The van der Waals surface area contributed by atoms with Gasteiger partial charge in [-0.05, 0) is 24.4 Å². The Morgan fingerprint density at radius 1 is 1.11 bits per heavy atom. The molecule has 2 N–H and O–H groups in total. The first-order chi connectivity index (χ1) is 8.68. The van der Waals surface area contributed by atoms with Gasteiger partial charge in [0.25, 0.3) is 0 Å². The highest BCUT2D eigenvalue weighted by atomic mass is 79.9. The molecule has 0 aliphatic rings. The molecule has 0 atom stereocenters. The van der Waals surface area contributed by atoms with Crippen molar-refractivity contribution in [3.05, 3.63) is 46.6 Å². The van der Waals surface area contributed by atoms with Gasteiger partial charge in [0.1, 0.15) is 0 Å². The van der Waals surface area contributed by atoms with E-state index in [2.05, 4.69) is 38.4 Å². The molecule has 0 amide bonds. The van der Waals surface area contributed by atoms with Gasteiger partial charge in [0.05, 0.1) is 11.4 Å². The molecule has 2 aromatic carbocycles. The average Bonchev–Trinajstić information content (AvgIpc) is 2.71. The normalized spacial score (nSPS) is 11.0.